The quantitative estimate of drug-likeness (QED) is 0.442. The van der Waals surface area contributed by atoms with E-state index in [-0.39, 0.29) is 11.7 Å². The molecular formula is C24H28N6O3. The van der Waals surface area contributed by atoms with Gasteiger partial charge in [0.1, 0.15) is 12.3 Å². The zero-order valence-corrected chi connectivity index (χ0v) is 19.0. The zero-order valence-electron chi connectivity index (χ0n) is 19.0. The van der Waals surface area contributed by atoms with Gasteiger partial charge in [-0.3, -0.25) is 9.69 Å². The minimum absolute atomic E-state index is 0.0660. The highest BCUT2D eigenvalue weighted by molar-refractivity contribution is 5.83. The topological polar surface area (TPSA) is 102 Å². The van der Waals surface area contributed by atoms with Gasteiger partial charge in [0.15, 0.2) is 5.82 Å². The molecule has 4 heterocycles. The number of nitrogens with zero attached hydrogens (tertiary/aromatic N) is 5. The van der Waals surface area contributed by atoms with E-state index < -0.39 is 0 Å². The first kappa shape index (κ1) is 21.5. The average Bonchev–Trinajstić information content (AvgIpc) is 3.57. The third-order valence-corrected chi connectivity index (χ3v) is 6.36. The van der Waals surface area contributed by atoms with Crippen LogP contribution in [-0.2, 0) is 24.4 Å². The first-order chi connectivity index (χ1) is 16.1. The normalized spacial score (nSPS) is 16.3. The summed E-state index contributed by atoms with van der Waals surface area (Å²) in [4.78, 5) is 18.3. The molecule has 4 aromatic rings. The van der Waals surface area contributed by atoms with Crippen LogP contribution < -0.4 is 5.56 Å². The van der Waals surface area contributed by atoms with Gasteiger partial charge in [-0.25, -0.2) is 4.68 Å². The number of nitrogens with one attached hydrogen (secondary N) is 1. The molecule has 3 aromatic heterocycles. The van der Waals surface area contributed by atoms with Gasteiger partial charge in [0.05, 0.1) is 24.4 Å². The summed E-state index contributed by atoms with van der Waals surface area (Å²) in [6.07, 6.45) is 3.85. The summed E-state index contributed by atoms with van der Waals surface area (Å²) in [7, 11) is 0. The van der Waals surface area contributed by atoms with E-state index in [1.165, 1.54) is 0 Å². The number of aryl methyl sites for hydroxylation is 2. The highest BCUT2D eigenvalue weighted by Crippen LogP contribution is 2.21. The Balaban J connectivity index is 1.42. The lowest BCUT2D eigenvalue weighted by Crippen LogP contribution is -2.34. The van der Waals surface area contributed by atoms with Crippen molar-refractivity contribution in [1.82, 2.24) is 30.1 Å². The third kappa shape index (κ3) is 4.74. The fourth-order valence-electron chi connectivity index (χ4n) is 4.40. The molecular weight excluding hydrogens is 420 g/mol. The monoisotopic (exact) mass is 448 g/mol. The molecule has 0 bridgehead atoms. The number of furan rings is 1. The van der Waals surface area contributed by atoms with Crippen LogP contribution in [0.15, 0.2) is 45.8 Å². The fraction of sp³-hybridized carbons (Fsp3) is 0.417. The van der Waals surface area contributed by atoms with Crippen LogP contribution in [0.3, 0.4) is 0 Å². The maximum Gasteiger partial charge on any atom is 0.252 e. The van der Waals surface area contributed by atoms with E-state index in [0.29, 0.717) is 37.6 Å². The minimum Gasteiger partial charge on any atom is -0.467 e. The van der Waals surface area contributed by atoms with E-state index in [4.69, 9.17) is 9.15 Å². The van der Waals surface area contributed by atoms with Crippen LogP contribution in [0.25, 0.3) is 10.9 Å². The van der Waals surface area contributed by atoms with Crippen LogP contribution in [0.2, 0.25) is 0 Å². The second kappa shape index (κ2) is 9.29. The molecule has 1 atom stereocenters. The van der Waals surface area contributed by atoms with E-state index in [0.717, 1.165) is 47.2 Å². The van der Waals surface area contributed by atoms with E-state index in [2.05, 4.69) is 44.5 Å². The summed E-state index contributed by atoms with van der Waals surface area (Å²) in [5.74, 6) is 1.50. The number of tetrazole rings is 1. The summed E-state index contributed by atoms with van der Waals surface area (Å²) < 4.78 is 13.1. The maximum absolute atomic E-state index is 13.0. The minimum atomic E-state index is -0.0660. The smallest absolute Gasteiger partial charge is 0.252 e. The molecule has 9 heteroatoms. The number of benzene rings is 1. The largest absolute Gasteiger partial charge is 0.467 e. The number of hydrogen-bond acceptors (Lipinski definition) is 7. The van der Waals surface area contributed by atoms with E-state index in [9.17, 15) is 4.79 Å². The predicted octanol–water partition coefficient (Wildman–Crippen LogP) is 2.95. The van der Waals surface area contributed by atoms with Gasteiger partial charge in [-0.2, -0.15) is 0 Å². The van der Waals surface area contributed by atoms with Gasteiger partial charge in [0.2, 0.25) is 0 Å². The van der Waals surface area contributed by atoms with E-state index in [1.807, 2.05) is 25.1 Å². The molecule has 0 aliphatic carbocycles. The first-order valence-electron chi connectivity index (χ1n) is 11.3. The molecule has 1 aromatic carbocycles. The Morgan fingerprint density at radius 1 is 1.24 bits per heavy atom. The Hall–Kier alpha value is -3.30. The molecule has 33 heavy (non-hydrogen) atoms. The second-order valence-corrected chi connectivity index (χ2v) is 8.73. The number of aromatic amines is 1. The van der Waals surface area contributed by atoms with Crippen molar-refractivity contribution in [3.05, 3.63) is 75.2 Å². The van der Waals surface area contributed by atoms with Crippen molar-refractivity contribution in [2.24, 2.45) is 0 Å². The molecule has 9 nitrogen and oxygen atoms in total. The molecule has 0 saturated carbocycles. The predicted molar refractivity (Wildman–Crippen MR) is 123 cm³/mol. The molecule has 1 fully saturated rings. The molecule has 1 aliphatic rings. The van der Waals surface area contributed by atoms with Gasteiger partial charge < -0.3 is 14.1 Å². The molecule has 5 rings (SSSR count). The molecule has 0 unspecified atom stereocenters. The number of fused-ring (bicyclic) bond motifs is 1. The average molecular weight is 449 g/mol. The Morgan fingerprint density at radius 3 is 2.94 bits per heavy atom. The van der Waals surface area contributed by atoms with Crippen LogP contribution >= 0.6 is 0 Å². The van der Waals surface area contributed by atoms with Gasteiger partial charge >= 0.3 is 0 Å². The maximum atomic E-state index is 13.0. The molecule has 172 valence electrons. The molecule has 0 spiro atoms. The zero-order chi connectivity index (χ0) is 22.8. The van der Waals surface area contributed by atoms with Crippen LogP contribution in [-0.4, -0.2) is 49.3 Å². The summed E-state index contributed by atoms with van der Waals surface area (Å²) in [5, 5.41) is 13.3. The number of ether oxygens (including phenoxy) is 1. The lowest BCUT2D eigenvalue weighted by atomic mass is 10.0. The summed E-state index contributed by atoms with van der Waals surface area (Å²) in [6, 6.07) is 9.89. The van der Waals surface area contributed by atoms with Gasteiger partial charge in [-0.1, -0.05) is 12.1 Å². The molecule has 1 N–H and O–H groups in total. The van der Waals surface area contributed by atoms with Gasteiger partial charge in [0, 0.05) is 25.3 Å². The number of H-pyrrole nitrogens is 1. The Kier molecular flexibility index (Phi) is 6.06. The number of aromatic nitrogens is 5. The lowest BCUT2D eigenvalue weighted by Gasteiger charge is -2.24. The Bertz CT molecular complexity index is 1290. The number of rotatable bonds is 8. The van der Waals surface area contributed by atoms with Crippen molar-refractivity contribution >= 4 is 10.9 Å². The first-order valence-corrected chi connectivity index (χ1v) is 11.3. The molecule has 0 radical (unpaired) electrons. The van der Waals surface area contributed by atoms with Crippen LogP contribution in [0.5, 0.6) is 0 Å². The van der Waals surface area contributed by atoms with Crippen molar-refractivity contribution in [3.63, 3.8) is 0 Å². The van der Waals surface area contributed by atoms with Crippen molar-refractivity contribution in [3.8, 4) is 0 Å². The summed E-state index contributed by atoms with van der Waals surface area (Å²) >= 11 is 0. The SMILES string of the molecule is Cc1ccc2cc(CN(Cc3nnnn3Cc3ccco3)C[C@@H]3CCCO3)c(=O)[nH]c2c1C. The Morgan fingerprint density at radius 2 is 2.15 bits per heavy atom. The number of pyridine rings is 1. The standard InChI is InChI=1S/C24H28N6O3/c1-16-7-8-18-11-19(24(31)25-23(18)17(16)2)12-29(13-20-5-3-9-32-20)15-22-26-27-28-30(22)14-21-6-4-10-33-21/h4,6-8,10-11,20H,3,5,9,12-15H2,1-2H3,(H,25,31)/t20-/m0/s1. The van der Waals surface area contributed by atoms with Gasteiger partial charge in [-0.15, -0.1) is 5.10 Å². The highest BCUT2D eigenvalue weighted by Gasteiger charge is 2.22. The van der Waals surface area contributed by atoms with E-state index in [1.54, 1.807) is 10.9 Å². The fourth-order valence-corrected chi connectivity index (χ4v) is 4.40. The molecule has 0 amide bonds. The lowest BCUT2D eigenvalue weighted by molar-refractivity contribution is 0.0663. The van der Waals surface area contributed by atoms with Crippen molar-refractivity contribution < 1.29 is 9.15 Å². The van der Waals surface area contributed by atoms with E-state index >= 15 is 0 Å². The molecule has 1 saturated heterocycles. The van der Waals surface area contributed by atoms with Crippen LogP contribution in [0.4, 0.5) is 0 Å². The van der Waals surface area contributed by atoms with Gasteiger partial charge in [-0.05, 0) is 71.8 Å². The second-order valence-electron chi connectivity index (χ2n) is 8.73. The molecule has 1 aliphatic heterocycles. The summed E-state index contributed by atoms with van der Waals surface area (Å²) in [6.45, 7) is 7.01. The van der Waals surface area contributed by atoms with Crippen molar-refractivity contribution in [2.45, 2.75) is 52.4 Å². The van der Waals surface area contributed by atoms with Crippen LogP contribution in [0, 0.1) is 13.8 Å². The Labute approximate surface area is 191 Å². The van der Waals surface area contributed by atoms with Gasteiger partial charge in [0.25, 0.3) is 5.56 Å². The van der Waals surface area contributed by atoms with Crippen molar-refractivity contribution in [2.75, 3.05) is 13.2 Å². The van der Waals surface area contributed by atoms with Crippen LogP contribution in [0.1, 0.15) is 41.1 Å². The third-order valence-electron chi connectivity index (χ3n) is 6.36. The number of hydrogen-bond donors (Lipinski definition) is 1. The highest BCUT2D eigenvalue weighted by atomic mass is 16.5. The summed E-state index contributed by atoms with van der Waals surface area (Å²) in [5.41, 5.74) is 3.81. The van der Waals surface area contributed by atoms with Crippen molar-refractivity contribution in [1.29, 1.82) is 0 Å².